The van der Waals surface area contributed by atoms with Crippen molar-refractivity contribution < 1.29 is 13.5 Å². The summed E-state index contributed by atoms with van der Waals surface area (Å²) in [5.41, 5.74) is 6.72. The van der Waals surface area contributed by atoms with Gasteiger partial charge in [-0.15, -0.1) is 0 Å². The first-order valence-corrected chi connectivity index (χ1v) is 6.02. The molecule has 0 aliphatic carbocycles. The summed E-state index contributed by atoms with van der Waals surface area (Å²) in [6, 6.07) is 8.29. The van der Waals surface area contributed by atoms with Crippen LogP contribution in [0.4, 0.5) is 8.78 Å². The van der Waals surface area contributed by atoms with Gasteiger partial charge in [-0.25, -0.2) is 8.78 Å². The van der Waals surface area contributed by atoms with Crippen molar-refractivity contribution in [2.45, 2.75) is 13.2 Å². The van der Waals surface area contributed by atoms with Crippen molar-refractivity contribution in [2.24, 2.45) is 5.73 Å². The second kappa shape index (κ2) is 5.99. The molecule has 0 aliphatic rings. The Morgan fingerprint density at radius 1 is 1.05 bits per heavy atom. The first kappa shape index (κ1) is 13.8. The molecule has 2 N–H and O–H groups in total. The Kier molecular flexibility index (Phi) is 4.35. The van der Waals surface area contributed by atoms with Crippen LogP contribution in [0.3, 0.4) is 0 Å². The molecule has 2 aromatic rings. The second-order valence-corrected chi connectivity index (χ2v) is 4.43. The number of hydrogen-bond donors (Lipinski definition) is 1. The summed E-state index contributed by atoms with van der Waals surface area (Å²) in [5, 5.41) is 0.274. The standard InChI is InChI=1S/C14H12ClF2NO/c15-14-6-11(16)2-1-10(14)8-19-13-4-9(7-18)3-12(17)5-13/h1-6H,7-8,18H2. The Bertz CT molecular complexity index is 590. The fraction of sp³-hybridized carbons (Fsp3) is 0.143. The number of nitrogens with two attached hydrogens (primary N) is 1. The van der Waals surface area contributed by atoms with Crippen LogP contribution in [0.2, 0.25) is 5.02 Å². The van der Waals surface area contributed by atoms with E-state index < -0.39 is 11.6 Å². The van der Waals surface area contributed by atoms with Gasteiger partial charge in [0.25, 0.3) is 0 Å². The van der Waals surface area contributed by atoms with Gasteiger partial charge >= 0.3 is 0 Å². The van der Waals surface area contributed by atoms with Gasteiger partial charge in [-0.05, 0) is 29.8 Å². The van der Waals surface area contributed by atoms with Gasteiger partial charge in [-0.1, -0.05) is 17.7 Å². The van der Waals surface area contributed by atoms with Gasteiger partial charge in [0.1, 0.15) is 24.0 Å². The molecule has 0 radical (unpaired) electrons. The minimum Gasteiger partial charge on any atom is -0.489 e. The van der Waals surface area contributed by atoms with E-state index >= 15 is 0 Å². The number of benzene rings is 2. The van der Waals surface area contributed by atoms with Crippen LogP contribution in [0.15, 0.2) is 36.4 Å². The second-order valence-electron chi connectivity index (χ2n) is 4.02. The van der Waals surface area contributed by atoms with E-state index in [2.05, 4.69) is 0 Å². The quantitative estimate of drug-likeness (QED) is 0.929. The Hall–Kier alpha value is -1.65. The van der Waals surface area contributed by atoms with E-state index in [-0.39, 0.29) is 18.2 Å². The summed E-state index contributed by atoms with van der Waals surface area (Å²) < 4.78 is 31.6. The van der Waals surface area contributed by atoms with E-state index in [0.717, 1.165) is 0 Å². The Labute approximate surface area is 114 Å². The predicted octanol–water partition coefficient (Wildman–Crippen LogP) is 3.66. The largest absolute Gasteiger partial charge is 0.489 e. The summed E-state index contributed by atoms with van der Waals surface area (Å²) >= 11 is 5.87. The molecule has 2 rings (SSSR count). The van der Waals surface area contributed by atoms with Gasteiger partial charge in [0.05, 0.1) is 5.02 Å². The summed E-state index contributed by atoms with van der Waals surface area (Å²) in [6.45, 7) is 0.359. The zero-order chi connectivity index (χ0) is 13.8. The molecule has 0 saturated carbocycles. The molecule has 2 aromatic carbocycles. The summed E-state index contributed by atoms with van der Waals surface area (Å²) in [4.78, 5) is 0. The zero-order valence-corrected chi connectivity index (χ0v) is 10.8. The fourth-order valence-corrected chi connectivity index (χ4v) is 1.84. The number of rotatable bonds is 4. The predicted molar refractivity (Wildman–Crippen MR) is 70.0 cm³/mol. The topological polar surface area (TPSA) is 35.2 Å². The lowest BCUT2D eigenvalue weighted by molar-refractivity contribution is 0.304. The molecule has 100 valence electrons. The molecule has 2 nitrogen and oxygen atoms in total. The lowest BCUT2D eigenvalue weighted by Crippen LogP contribution is -2.00. The highest BCUT2D eigenvalue weighted by atomic mass is 35.5. The van der Waals surface area contributed by atoms with Crippen molar-refractivity contribution in [3.05, 3.63) is 64.2 Å². The van der Waals surface area contributed by atoms with E-state index in [4.69, 9.17) is 22.1 Å². The van der Waals surface area contributed by atoms with Crippen LogP contribution >= 0.6 is 11.6 Å². The van der Waals surface area contributed by atoms with Crippen molar-refractivity contribution in [1.82, 2.24) is 0 Å². The first-order chi connectivity index (χ1) is 9.08. The van der Waals surface area contributed by atoms with E-state index in [1.165, 1.54) is 30.3 Å². The van der Waals surface area contributed by atoms with Crippen LogP contribution in [0.5, 0.6) is 5.75 Å². The van der Waals surface area contributed by atoms with E-state index in [0.29, 0.717) is 16.9 Å². The summed E-state index contributed by atoms with van der Waals surface area (Å²) in [7, 11) is 0. The molecule has 19 heavy (non-hydrogen) atoms. The highest BCUT2D eigenvalue weighted by molar-refractivity contribution is 6.31. The van der Waals surface area contributed by atoms with E-state index in [1.54, 1.807) is 6.07 Å². The van der Waals surface area contributed by atoms with Crippen molar-refractivity contribution in [3.8, 4) is 5.75 Å². The molecule has 0 aromatic heterocycles. The third kappa shape index (κ3) is 3.66. The zero-order valence-electron chi connectivity index (χ0n) is 10.00. The number of ether oxygens (including phenoxy) is 1. The number of halogens is 3. The maximum Gasteiger partial charge on any atom is 0.127 e. The smallest absolute Gasteiger partial charge is 0.127 e. The molecule has 0 fully saturated rings. The average molecular weight is 284 g/mol. The molecule has 0 atom stereocenters. The molecule has 0 amide bonds. The van der Waals surface area contributed by atoms with Crippen LogP contribution in [-0.4, -0.2) is 0 Å². The van der Waals surface area contributed by atoms with Crippen LogP contribution < -0.4 is 10.5 Å². The van der Waals surface area contributed by atoms with Crippen LogP contribution in [-0.2, 0) is 13.2 Å². The van der Waals surface area contributed by atoms with Crippen molar-refractivity contribution in [1.29, 1.82) is 0 Å². The highest BCUT2D eigenvalue weighted by Crippen LogP contribution is 2.21. The molecule has 5 heteroatoms. The molecule has 0 saturated heterocycles. The SMILES string of the molecule is NCc1cc(F)cc(OCc2ccc(F)cc2Cl)c1. The normalized spacial score (nSPS) is 10.5. The Morgan fingerprint density at radius 3 is 2.53 bits per heavy atom. The third-order valence-electron chi connectivity index (χ3n) is 2.58. The molecular formula is C14H12ClF2NO. The van der Waals surface area contributed by atoms with Gasteiger partial charge in [0.2, 0.25) is 0 Å². The molecule has 0 spiro atoms. The van der Waals surface area contributed by atoms with Crippen LogP contribution in [0, 0.1) is 11.6 Å². The highest BCUT2D eigenvalue weighted by Gasteiger charge is 2.05. The molecular weight excluding hydrogens is 272 g/mol. The number of hydrogen-bond acceptors (Lipinski definition) is 2. The lowest BCUT2D eigenvalue weighted by atomic mass is 10.2. The van der Waals surface area contributed by atoms with Gasteiger partial charge in [-0.3, -0.25) is 0 Å². The Morgan fingerprint density at radius 2 is 1.84 bits per heavy atom. The van der Waals surface area contributed by atoms with Gasteiger partial charge in [-0.2, -0.15) is 0 Å². The maximum atomic E-state index is 13.3. The average Bonchev–Trinajstić information content (AvgIpc) is 2.37. The Balaban J connectivity index is 2.12. The molecule has 0 bridgehead atoms. The van der Waals surface area contributed by atoms with E-state index in [1.807, 2.05) is 0 Å². The maximum absolute atomic E-state index is 13.3. The molecule has 0 unspecified atom stereocenters. The monoisotopic (exact) mass is 283 g/mol. The van der Waals surface area contributed by atoms with Crippen molar-refractivity contribution >= 4 is 11.6 Å². The van der Waals surface area contributed by atoms with Crippen molar-refractivity contribution in [2.75, 3.05) is 0 Å². The minimum atomic E-state index is -0.414. The lowest BCUT2D eigenvalue weighted by Gasteiger charge is -2.09. The van der Waals surface area contributed by atoms with E-state index in [9.17, 15) is 8.78 Å². The van der Waals surface area contributed by atoms with Crippen LogP contribution in [0.1, 0.15) is 11.1 Å². The van der Waals surface area contributed by atoms with Gasteiger partial charge in [0, 0.05) is 18.2 Å². The van der Waals surface area contributed by atoms with Gasteiger partial charge < -0.3 is 10.5 Å². The van der Waals surface area contributed by atoms with Crippen LogP contribution in [0.25, 0.3) is 0 Å². The van der Waals surface area contributed by atoms with Gasteiger partial charge in [0.15, 0.2) is 0 Å². The fourth-order valence-electron chi connectivity index (χ4n) is 1.62. The third-order valence-corrected chi connectivity index (χ3v) is 2.93. The molecule has 0 aliphatic heterocycles. The van der Waals surface area contributed by atoms with Crippen molar-refractivity contribution in [3.63, 3.8) is 0 Å². The first-order valence-electron chi connectivity index (χ1n) is 5.65. The molecule has 0 heterocycles. The summed E-state index contributed by atoms with van der Waals surface area (Å²) in [6.07, 6.45) is 0. The minimum absolute atomic E-state index is 0.132. The summed E-state index contributed by atoms with van der Waals surface area (Å²) in [5.74, 6) is -0.464.